The number of carboxylic acid groups (broad SMARTS) is 1. The van der Waals surface area contributed by atoms with Crippen LogP contribution in [-0.4, -0.2) is 29.1 Å². The molecule has 1 spiro atoms. The van der Waals surface area contributed by atoms with Gasteiger partial charge in [-0.15, -0.1) is 0 Å². The second-order valence-corrected chi connectivity index (χ2v) is 7.64. The number of hydrogen-bond acceptors (Lipinski definition) is 2. The molecule has 3 nitrogen and oxygen atoms in total. The van der Waals surface area contributed by atoms with E-state index < -0.39 is 5.97 Å². The van der Waals surface area contributed by atoms with Crippen molar-refractivity contribution in [2.45, 2.75) is 31.2 Å². The molecule has 1 aliphatic heterocycles. The molecule has 0 amide bonds. The van der Waals surface area contributed by atoms with Crippen LogP contribution in [0.4, 0.5) is 0 Å². The number of aliphatic carboxylic acids is 1. The lowest BCUT2D eigenvalue weighted by Gasteiger charge is -2.35. The second-order valence-electron chi connectivity index (χ2n) is 7.24. The summed E-state index contributed by atoms with van der Waals surface area (Å²) in [5.74, 6) is 5.68. The number of fused-ring (bicyclic) bond motifs is 2. The molecule has 2 aliphatic rings. The minimum absolute atomic E-state index is 0.201. The van der Waals surface area contributed by atoms with Crippen molar-refractivity contribution in [1.29, 1.82) is 0 Å². The van der Waals surface area contributed by atoms with E-state index in [1.165, 1.54) is 24.0 Å². The summed E-state index contributed by atoms with van der Waals surface area (Å²) in [6.07, 6.45) is 2.54. The Labute approximate surface area is 158 Å². The van der Waals surface area contributed by atoms with Gasteiger partial charge in [0.25, 0.3) is 0 Å². The molecule has 1 heterocycles. The number of carboxylic acids is 1. The molecule has 0 aromatic heterocycles. The Hall–Kier alpha value is -2.28. The van der Waals surface area contributed by atoms with Crippen LogP contribution in [0.1, 0.15) is 41.5 Å². The number of rotatable bonds is 3. The van der Waals surface area contributed by atoms with Gasteiger partial charge in [-0.05, 0) is 48.2 Å². The van der Waals surface area contributed by atoms with Crippen LogP contribution in [0.3, 0.4) is 0 Å². The van der Waals surface area contributed by atoms with Gasteiger partial charge in [0.1, 0.15) is 0 Å². The minimum atomic E-state index is -0.731. The summed E-state index contributed by atoms with van der Waals surface area (Å²) in [6, 6.07) is 14.0. The maximum Gasteiger partial charge on any atom is 0.304 e. The van der Waals surface area contributed by atoms with Gasteiger partial charge in [-0.25, -0.2) is 0 Å². The summed E-state index contributed by atoms with van der Waals surface area (Å²) in [5.41, 5.74) is 4.76. The first kappa shape index (κ1) is 17.1. The molecule has 0 radical (unpaired) electrons. The van der Waals surface area contributed by atoms with Gasteiger partial charge in [-0.2, -0.15) is 0 Å². The fourth-order valence-electron chi connectivity index (χ4n) is 3.79. The lowest BCUT2D eigenvalue weighted by Crippen LogP contribution is -2.39. The van der Waals surface area contributed by atoms with Gasteiger partial charge in [0.15, 0.2) is 0 Å². The molecule has 0 unspecified atom stereocenters. The SMILES string of the molecule is O=C(O)CCN1Cc2ccc(C#Cc3ccccc3Cl)cc2C2(CC2)C1. The Kier molecular flexibility index (Phi) is 4.48. The number of halogens is 1. The maximum atomic E-state index is 10.9. The lowest BCUT2D eigenvalue weighted by atomic mass is 9.85. The summed E-state index contributed by atoms with van der Waals surface area (Å²) in [5, 5.41) is 9.61. The summed E-state index contributed by atoms with van der Waals surface area (Å²) in [7, 11) is 0. The smallest absolute Gasteiger partial charge is 0.304 e. The first-order chi connectivity index (χ1) is 12.6. The molecule has 0 saturated heterocycles. The molecule has 1 aliphatic carbocycles. The summed E-state index contributed by atoms with van der Waals surface area (Å²) < 4.78 is 0. The van der Waals surface area contributed by atoms with Crippen molar-refractivity contribution in [2.75, 3.05) is 13.1 Å². The Morgan fingerprint density at radius 2 is 2.00 bits per heavy atom. The molecule has 0 bridgehead atoms. The zero-order valence-electron chi connectivity index (χ0n) is 14.5. The third kappa shape index (κ3) is 3.49. The van der Waals surface area contributed by atoms with E-state index in [0.29, 0.717) is 11.6 Å². The minimum Gasteiger partial charge on any atom is -0.481 e. The van der Waals surface area contributed by atoms with Gasteiger partial charge < -0.3 is 5.11 Å². The van der Waals surface area contributed by atoms with E-state index in [4.69, 9.17) is 16.7 Å². The van der Waals surface area contributed by atoms with Gasteiger partial charge in [-0.1, -0.05) is 41.6 Å². The van der Waals surface area contributed by atoms with Crippen molar-refractivity contribution in [1.82, 2.24) is 4.90 Å². The number of nitrogens with zero attached hydrogens (tertiary/aromatic N) is 1. The van der Waals surface area contributed by atoms with Gasteiger partial charge in [0.05, 0.1) is 11.4 Å². The van der Waals surface area contributed by atoms with Crippen LogP contribution < -0.4 is 0 Å². The zero-order valence-corrected chi connectivity index (χ0v) is 15.2. The molecule has 4 rings (SSSR count). The quantitative estimate of drug-likeness (QED) is 0.834. The number of hydrogen-bond donors (Lipinski definition) is 1. The van der Waals surface area contributed by atoms with Crippen molar-refractivity contribution >= 4 is 17.6 Å². The third-order valence-electron chi connectivity index (χ3n) is 5.31. The van der Waals surface area contributed by atoms with E-state index in [2.05, 4.69) is 34.9 Å². The largest absolute Gasteiger partial charge is 0.481 e. The topological polar surface area (TPSA) is 40.5 Å². The normalized spacial score (nSPS) is 17.3. The highest BCUT2D eigenvalue weighted by Crippen LogP contribution is 2.52. The van der Waals surface area contributed by atoms with Crippen LogP contribution in [0.5, 0.6) is 0 Å². The molecule has 1 fully saturated rings. The fraction of sp³-hybridized carbons (Fsp3) is 0.318. The highest BCUT2D eigenvalue weighted by molar-refractivity contribution is 6.31. The number of benzene rings is 2. The molecule has 2 aromatic rings. The molecular weight excluding hydrogens is 346 g/mol. The van der Waals surface area contributed by atoms with Gasteiger partial charge in [0, 0.05) is 36.2 Å². The van der Waals surface area contributed by atoms with E-state index >= 15 is 0 Å². The van der Waals surface area contributed by atoms with E-state index in [-0.39, 0.29) is 11.8 Å². The van der Waals surface area contributed by atoms with Crippen LogP contribution in [0.15, 0.2) is 42.5 Å². The first-order valence-electron chi connectivity index (χ1n) is 8.90. The van der Waals surface area contributed by atoms with Crippen molar-refractivity contribution in [3.05, 3.63) is 69.7 Å². The van der Waals surface area contributed by atoms with Crippen molar-refractivity contribution < 1.29 is 9.90 Å². The Morgan fingerprint density at radius 3 is 2.73 bits per heavy atom. The van der Waals surface area contributed by atoms with Crippen LogP contribution in [0.2, 0.25) is 5.02 Å². The first-order valence-corrected chi connectivity index (χ1v) is 9.28. The molecule has 26 heavy (non-hydrogen) atoms. The molecule has 132 valence electrons. The van der Waals surface area contributed by atoms with E-state index in [0.717, 1.165) is 24.2 Å². The summed E-state index contributed by atoms with van der Waals surface area (Å²) in [4.78, 5) is 13.1. The molecular formula is C22H20ClNO2. The average molecular weight is 366 g/mol. The van der Waals surface area contributed by atoms with Gasteiger partial charge in [-0.3, -0.25) is 9.69 Å². The van der Waals surface area contributed by atoms with E-state index in [1.807, 2.05) is 24.3 Å². The van der Waals surface area contributed by atoms with Crippen LogP contribution in [0.25, 0.3) is 0 Å². The lowest BCUT2D eigenvalue weighted by molar-refractivity contribution is -0.137. The van der Waals surface area contributed by atoms with Crippen molar-refractivity contribution in [3.8, 4) is 11.8 Å². The molecule has 0 atom stereocenters. The van der Waals surface area contributed by atoms with Crippen molar-refractivity contribution in [3.63, 3.8) is 0 Å². The molecule has 2 aromatic carbocycles. The molecule has 4 heteroatoms. The highest BCUT2D eigenvalue weighted by Gasteiger charge is 2.48. The van der Waals surface area contributed by atoms with Crippen LogP contribution in [-0.2, 0) is 16.8 Å². The summed E-state index contributed by atoms with van der Waals surface area (Å²) in [6.45, 7) is 2.39. The predicted octanol–water partition coefficient (Wildman–Crippen LogP) is 4.06. The number of carbonyl (C=O) groups is 1. The van der Waals surface area contributed by atoms with Gasteiger partial charge in [0.2, 0.25) is 0 Å². The van der Waals surface area contributed by atoms with E-state index in [1.54, 1.807) is 0 Å². The Bertz CT molecular complexity index is 921. The fourth-order valence-corrected chi connectivity index (χ4v) is 3.97. The predicted molar refractivity (Wildman–Crippen MR) is 102 cm³/mol. The van der Waals surface area contributed by atoms with Gasteiger partial charge >= 0.3 is 5.97 Å². The average Bonchev–Trinajstić information content (AvgIpc) is 3.39. The summed E-state index contributed by atoms with van der Waals surface area (Å²) >= 11 is 6.18. The third-order valence-corrected chi connectivity index (χ3v) is 5.64. The standard InChI is InChI=1S/C22H20ClNO2/c23-20-4-2-1-3-17(20)7-5-16-6-8-18-14-24(12-9-21(25)26)15-22(10-11-22)19(18)13-16/h1-4,6,8,13H,9-12,14-15H2,(H,25,26). The van der Waals surface area contributed by atoms with Crippen LogP contribution in [0, 0.1) is 11.8 Å². The zero-order chi connectivity index (χ0) is 18.1. The van der Waals surface area contributed by atoms with Crippen molar-refractivity contribution in [2.24, 2.45) is 0 Å². The van der Waals surface area contributed by atoms with E-state index in [9.17, 15) is 4.79 Å². The Morgan fingerprint density at radius 1 is 1.19 bits per heavy atom. The molecule has 1 N–H and O–H groups in total. The monoisotopic (exact) mass is 365 g/mol. The highest BCUT2D eigenvalue weighted by atomic mass is 35.5. The maximum absolute atomic E-state index is 10.9. The molecule has 1 saturated carbocycles. The second kappa shape index (κ2) is 6.79. The Balaban J connectivity index is 1.58. The van der Waals surface area contributed by atoms with Crippen LogP contribution >= 0.6 is 11.6 Å².